The number of hydrogen-bond donors (Lipinski definition) is 1. The van der Waals surface area contributed by atoms with Crippen LogP contribution in [0.4, 0.5) is 0 Å². The number of nitrogens with zero attached hydrogens (tertiary/aromatic N) is 1. The van der Waals surface area contributed by atoms with Crippen molar-refractivity contribution in [2.45, 2.75) is 62.2 Å². The number of piperidine rings is 1. The van der Waals surface area contributed by atoms with Gasteiger partial charge in [-0.25, -0.2) is 0 Å². The molecule has 6 aliphatic rings. The molecule has 6 heteroatoms. The first kappa shape index (κ1) is 24.2. The van der Waals surface area contributed by atoms with E-state index in [-0.39, 0.29) is 28.8 Å². The highest BCUT2D eigenvalue weighted by atomic mass is 16.6. The molecule has 1 saturated heterocycles. The van der Waals surface area contributed by atoms with E-state index >= 15 is 0 Å². The lowest BCUT2D eigenvalue weighted by Gasteiger charge is -2.73. The second kappa shape index (κ2) is 8.33. The largest absolute Gasteiger partial charge is 0.493 e. The summed E-state index contributed by atoms with van der Waals surface area (Å²) in [7, 11) is 5.88. The molecule has 200 valence electrons. The van der Waals surface area contributed by atoms with Gasteiger partial charge in [-0.05, 0) is 75.9 Å². The third-order valence-corrected chi connectivity index (χ3v) is 11.0. The van der Waals surface area contributed by atoms with E-state index < -0.39 is 5.60 Å². The molecule has 0 unspecified atom stereocenters. The molecule has 4 fully saturated rings. The SMILES string of the molecule is COc1ccc2c3c1O[C@H]1[C@@]4(OC)CC[C@@]5(C[C@@H]4CNC(=O)/C=C/c4ccc(C)cc4)[C@@H](C2)N(C)CC[C@]315. The number of likely N-dealkylation sites (N-methyl/N-ethyl adjacent to an activating group) is 1. The monoisotopic (exact) mass is 514 g/mol. The van der Waals surface area contributed by atoms with Gasteiger partial charge >= 0.3 is 0 Å². The number of methoxy groups -OCH3 is 2. The van der Waals surface area contributed by atoms with E-state index in [1.165, 1.54) is 16.7 Å². The maximum absolute atomic E-state index is 12.9. The van der Waals surface area contributed by atoms with Gasteiger partial charge in [0.2, 0.25) is 5.91 Å². The van der Waals surface area contributed by atoms with Crippen LogP contribution >= 0.6 is 0 Å². The third-order valence-electron chi connectivity index (χ3n) is 11.0. The summed E-state index contributed by atoms with van der Waals surface area (Å²) in [5.74, 6) is 1.88. The van der Waals surface area contributed by atoms with E-state index in [1.807, 2.05) is 25.3 Å². The Labute approximate surface area is 225 Å². The van der Waals surface area contributed by atoms with Gasteiger partial charge in [-0.15, -0.1) is 0 Å². The molecule has 2 spiro atoms. The van der Waals surface area contributed by atoms with Crippen LogP contribution in [0.3, 0.4) is 0 Å². The molecule has 8 rings (SSSR count). The minimum absolute atomic E-state index is 0.0639. The van der Waals surface area contributed by atoms with Crippen molar-refractivity contribution in [2.75, 3.05) is 34.4 Å². The lowest BCUT2D eigenvalue weighted by molar-refractivity contribution is -0.274. The van der Waals surface area contributed by atoms with Gasteiger partial charge in [-0.3, -0.25) is 4.79 Å². The van der Waals surface area contributed by atoms with Gasteiger partial charge in [0.15, 0.2) is 11.5 Å². The van der Waals surface area contributed by atoms with Crippen molar-refractivity contribution in [1.29, 1.82) is 0 Å². The van der Waals surface area contributed by atoms with Crippen LogP contribution in [0, 0.1) is 18.3 Å². The smallest absolute Gasteiger partial charge is 0.244 e. The highest BCUT2D eigenvalue weighted by molar-refractivity contribution is 5.91. The average molecular weight is 515 g/mol. The Bertz CT molecular complexity index is 1320. The van der Waals surface area contributed by atoms with Gasteiger partial charge in [0.1, 0.15) is 11.7 Å². The van der Waals surface area contributed by atoms with Crippen molar-refractivity contribution in [1.82, 2.24) is 10.2 Å². The number of carbonyl (C=O) groups is 1. The van der Waals surface area contributed by atoms with Gasteiger partial charge in [-0.1, -0.05) is 35.9 Å². The number of benzene rings is 2. The van der Waals surface area contributed by atoms with Crippen LogP contribution in [0.15, 0.2) is 42.5 Å². The first-order valence-electron chi connectivity index (χ1n) is 14.0. The molecule has 2 aromatic rings. The molecule has 1 amide bonds. The summed E-state index contributed by atoms with van der Waals surface area (Å²) in [6, 6.07) is 13.0. The Morgan fingerprint density at radius 2 is 1.97 bits per heavy atom. The number of ether oxygens (including phenoxy) is 3. The van der Waals surface area contributed by atoms with Crippen LogP contribution in [0.25, 0.3) is 6.08 Å². The lowest BCUT2D eigenvalue weighted by Crippen LogP contribution is -2.81. The van der Waals surface area contributed by atoms with Gasteiger partial charge in [-0.2, -0.15) is 0 Å². The van der Waals surface area contributed by atoms with Crippen molar-refractivity contribution < 1.29 is 19.0 Å². The first-order chi connectivity index (χ1) is 18.4. The van der Waals surface area contributed by atoms with Crippen molar-refractivity contribution in [2.24, 2.45) is 11.3 Å². The molecule has 4 bridgehead atoms. The minimum atomic E-state index is -0.450. The molecule has 1 N–H and O–H groups in total. The molecular weight excluding hydrogens is 476 g/mol. The van der Waals surface area contributed by atoms with Gasteiger partial charge in [0, 0.05) is 48.1 Å². The van der Waals surface area contributed by atoms with Crippen molar-refractivity contribution in [3.63, 3.8) is 0 Å². The number of hydrogen-bond acceptors (Lipinski definition) is 5. The van der Waals surface area contributed by atoms with Gasteiger partial charge in [0.05, 0.1) is 7.11 Å². The number of rotatable bonds is 6. The highest BCUT2D eigenvalue weighted by Crippen LogP contribution is 2.76. The number of nitrogens with one attached hydrogen (secondary N) is 1. The van der Waals surface area contributed by atoms with Crippen molar-refractivity contribution in [3.8, 4) is 11.5 Å². The zero-order valence-corrected chi connectivity index (χ0v) is 22.9. The number of likely N-dealkylation sites (tertiary alicyclic amines) is 1. The molecule has 0 aromatic heterocycles. The topological polar surface area (TPSA) is 60.0 Å². The zero-order chi connectivity index (χ0) is 26.3. The van der Waals surface area contributed by atoms with Crippen LogP contribution in [0.5, 0.6) is 11.5 Å². The Balaban J connectivity index is 1.24. The van der Waals surface area contributed by atoms with Crippen LogP contribution in [-0.4, -0.2) is 62.9 Å². The maximum atomic E-state index is 12.9. The maximum Gasteiger partial charge on any atom is 0.244 e. The molecule has 6 nitrogen and oxygen atoms in total. The van der Waals surface area contributed by atoms with E-state index in [1.54, 1.807) is 13.2 Å². The van der Waals surface area contributed by atoms with Crippen molar-refractivity contribution in [3.05, 3.63) is 64.7 Å². The first-order valence-corrected chi connectivity index (χ1v) is 14.0. The van der Waals surface area contributed by atoms with Gasteiger partial charge in [0.25, 0.3) is 0 Å². The normalized spacial score (nSPS) is 36.2. The molecule has 38 heavy (non-hydrogen) atoms. The Morgan fingerprint density at radius 1 is 1.16 bits per heavy atom. The molecule has 3 saturated carbocycles. The molecule has 2 aromatic carbocycles. The van der Waals surface area contributed by atoms with E-state index in [4.69, 9.17) is 14.2 Å². The quantitative estimate of drug-likeness (QED) is 0.584. The second-order valence-corrected chi connectivity index (χ2v) is 12.3. The Morgan fingerprint density at radius 3 is 2.74 bits per heavy atom. The van der Waals surface area contributed by atoms with Gasteiger partial charge < -0.3 is 24.4 Å². The van der Waals surface area contributed by atoms with E-state index in [2.05, 4.69) is 48.5 Å². The fourth-order valence-corrected chi connectivity index (χ4v) is 9.35. The Kier molecular flexibility index (Phi) is 5.31. The highest BCUT2D eigenvalue weighted by Gasteiger charge is 2.80. The van der Waals surface area contributed by atoms with E-state index in [9.17, 15) is 4.79 Å². The summed E-state index contributed by atoms with van der Waals surface area (Å²) in [6.45, 7) is 3.71. The third kappa shape index (κ3) is 2.93. The lowest BCUT2D eigenvalue weighted by atomic mass is 9.35. The predicted molar refractivity (Wildman–Crippen MR) is 147 cm³/mol. The molecular formula is C32H38N2O4. The fraction of sp³-hybridized carbons (Fsp3) is 0.531. The zero-order valence-electron chi connectivity index (χ0n) is 22.9. The average Bonchev–Trinajstić information content (AvgIpc) is 3.30. The molecule has 6 atom stereocenters. The Hall–Kier alpha value is -2.83. The van der Waals surface area contributed by atoms with Crippen LogP contribution in [0.1, 0.15) is 47.9 Å². The van der Waals surface area contributed by atoms with Crippen LogP contribution in [0.2, 0.25) is 0 Å². The molecule has 2 heterocycles. The van der Waals surface area contributed by atoms with Crippen LogP contribution < -0.4 is 14.8 Å². The summed E-state index contributed by atoms with van der Waals surface area (Å²) >= 11 is 0. The number of carbonyl (C=O) groups excluding carboxylic acids is 1. The summed E-state index contributed by atoms with van der Waals surface area (Å²) in [5, 5.41) is 3.23. The van der Waals surface area contributed by atoms with E-state index in [0.717, 1.165) is 55.7 Å². The van der Waals surface area contributed by atoms with Crippen molar-refractivity contribution >= 4 is 12.0 Å². The molecule has 2 aliphatic heterocycles. The second-order valence-electron chi connectivity index (χ2n) is 12.3. The fourth-order valence-electron chi connectivity index (χ4n) is 9.35. The summed E-state index contributed by atoms with van der Waals surface area (Å²) < 4.78 is 19.4. The standard InChI is InChI=1S/C32H38N2O4/c1-20-5-7-21(8-6-20)9-12-26(35)33-19-23-18-30-13-14-32(23,37-4)29-31(30)15-16-34(2)25(30)17-22-10-11-24(36-3)28(38-29)27(22)31/h5-12,23,25,29H,13-19H2,1-4H3,(H,33,35)/b12-9+/t23-,25-,29-,30-,31+,32-/m1/s1. The predicted octanol–water partition coefficient (Wildman–Crippen LogP) is 4.28. The summed E-state index contributed by atoms with van der Waals surface area (Å²) in [6.07, 6.45) is 8.68. The minimum Gasteiger partial charge on any atom is -0.493 e. The number of aryl methyl sites for hydroxylation is 1. The van der Waals surface area contributed by atoms with E-state index in [0.29, 0.717) is 12.6 Å². The van der Waals surface area contributed by atoms with Crippen LogP contribution in [-0.2, 0) is 21.4 Å². The number of fused-ring (bicyclic) bond motifs is 2. The summed E-state index contributed by atoms with van der Waals surface area (Å²) in [5.41, 5.74) is 4.63. The summed E-state index contributed by atoms with van der Waals surface area (Å²) in [4.78, 5) is 15.5. The molecule has 4 aliphatic carbocycles. The molecule has 0 radical (unpaired) electrons. The number of amides is 1.